The molecule has 2 rings (SSSR count). The minimum absolute atomic E-state index is 0.102. The Morgan fingerprint density at radius 3 is 2.68 bits per heavy atom. The van der Waals surface area contributed by atoms with Crippen molar-refractivity contribution in [2.75, 3.05) is 19.7 Å². The Kier molecular flexibility index (Phi) is 4.91. The van der Waals surface area contributed by atoms with Crippen molar-refractivity contribution in [1.29, 1.82) is 0 Å². The van der Waals surface area contributed by atoms with E-state index in [9.17, 15) is 5.11 Å². The van der Waals surface area contributed by atoms with Crippen molar-refractivity contribution in [3.05, 3.63) is 0 Å². The molecule has 2 fully saturated rings. The molecule has 2 atom stereocenters. The van der Waals surface area contributed by atoms with Gasteiger partial charge >= 0.3 is 0 Å². The highest BCUT2D eigenvalue weighted by atomic mass is 16.5. The predicted molar refractivity (Wildman–Crippen MR) is 78.2 cm³/mol. The van der Waals surface area contributed by atoms with Crippen molar-refractivity contribution in [2.45, 2.75) is 70.5 Å². The third-order valence-corrected chi connectivity index (χ3v) is 4.92. The number of hydrogen-bond acceptors (Lipinski definition) is 3. The molecule has 19 heavy (non-hydrogen) atoms. The third-order valence-electron chi connectivity index (χ3n) is 4.92. The van der Waals surface area contributed by atoms with Crippen LogP contribution in [-0.4, -0.2) is 36.0 Å². The normalized spacial score (nSPS) is 29.8. The fourth-order valence-electron chi connectivity index (χ4n) is 3.68. The van der Waals surface area contributed by atoms with Gasteiger partial charge in [-0.3, -0.25) is 0 Å². The maximum absolute atomic E-state index is 10.8. The molecule has 112 valence electrons. The molecule has 2 aliphatic rings. The fraction of sp³-hybridized carbons (Fsp3) is 1.00. The lowest BCUT2D eigenvalue weighted by atomic mass is 9.75. The van der Waals surface area contributed by atoms with Crippen LogP contribution in [0.2, 0.25) is 0 Å². The van der Waals surface area contributed by atoms with Gasteiger partial charge in [0.05, 0.1) is 11.2 Å². The molecule has 1 saturated carbocycles. The zero-order valence-corrected chi connectivity index (χ0v) is 12.9. The Balaban J connectivity index is 1.88. The van der Waals surface area contributed by atoms with E-state index in [-0.39, 0.29) is 5.60 Å². The number of ether oxygens (including phenoxy) is 1. The Morgan fingerprint density at radius 2 is 2.05 bits per heavy atom. The molecule has 0 aromatic heterocycles. The van der Waals surface area contributed by atoms with Gasteiger partial charge in [0, 0.05) is 13.2 Å². The van der Waals surface area contributed by atoms with Crippen LogP contribution in [0.4, 0.5) is 0 Å². The lowest BCUT2D eigenvalue weighted by Gasteiger charge is -2.44. The molecule has 1 aliphatic carbocycles. The summed E-state index contributed by atoms with van der Waals surface area (Å²) in [5.41, 5.74) is -0.501. The van der Waals surface area contributed by atoms with Crippen molar-refractivity contribution in [2.24, 2.45) is 11.8 Å². The maximum atomic E-state index is 10.8. The molecule has 1 heterocycles. The van der Waals surface area contributed by atoms with Crippen molar-refractivity contribution in [1.82, 2.24) is 5.32 Å². The van der Waals surface area contributed by atoms with Gasteiger partial charge in [-0.25, -0.2) is 0 Å². The minimum atomic E-state index is -0.603. The maximum Gasteiger partial charge on any atom is 0.0773 e. The minimum Gasteiger partial charge on any atom is -0.389 e. The van der Waals surface area contributed by atoms with Gasteiger partial charge in [-0.15, -0.1) is 0 Å². The van der Waals surface area contributed by atoms with Gasteiger partial charge in [-0.2, -0.15) is 0 Å². The van der Waals surface area contributed by atoms with E-state index in [4.69, 9.17) is 4.74 Å². The second-order valence-corrected chi connectivity index (χ2v) is 7.31. The first-order valence-electron chi connectivity index (χ1n) is 8.01. The average molecular weight is 269 g/mol. The van der Waals surface area contributed by atoms with E-state index in [1.807, 2.05) is 6.92 Å². The largest absolute Gasteiger partial charge is 0.389 e. The second-order valence-electron chi connectivity index (χ2n) is 7.31. The van der Waals surface area contributed by atoms with Crippen molar-refractivity contribution < 1.29 is 9.84 Å². The lowest BCUT2D eigenvalue weighted by Crippen LogP contribution is -2.51. The van der Waals surface area contributed by atoms with Crippen LogP contribution < -0.4 is 5.32 Å². The fourth-order valence-corrected chi connectivity index (χ4v) is 3.68. The smallest absolute Gasteiger partial charge is 0.0773 e. The zero-order chi connectivity index (χ0) is 13.9. The topological polar surface area (TPSA) is 41.5 Å². The summed E-state index contributed by atoms with van der Waals surface area (Å²) in [4.78, 5) is 0. The summed E-state index contributed by atoms with van der Waals surface area (Å²) >= 11 is 0. The number of aliphatic hydroxyl groups is 1. The molecule has 3 heteroatoms. The van der Waals surface area contributed by atoms with E-state index in [0.717, 1.165) is 26.0 Å². The first-order valence-corrected chi connectivity index (χ1v) is 8.01. The number of hydrogen-bond donors (Lipinski definition) is 2. The summed E-state index contributed by atoms with van der Waals surface area (Å²) in [6.45, 7) is 8.90. The molecule has 0 radical (unpaired) electrons. The van der Waals surface area contributed by atoms with Crippen LogP contribution in [0, 0.1) is 11.8 Å². The second kappa shape index (κ2) is 6.11. The van der Waals surface area contributed by atoms with E-state index in [0.29, 0.717) is 18.4 Å². The van der Waals surface area contributed by atoms with E-state index in [1.54, 1.807) is 0 Å². The first-order chi connectivity index (χ1) is 8.94. The molecule has 2 N–H and O–H groups in total. The van der Waals surface area contributed by atoms with Crippen LogP contribution in [0.5, 0.6) is 0 Å². The highest BCUT2D eigenvalue weighted by Crippen LogP contribution is 2.44. The first kappa shape index (κ1) is 15.3. The van der Waals surface area contributed by atoms with Gasteiger partial charge in [0.15, 0.2) is 0 Å². The van der Waals surface area contributed by atoms with E-state index in [1.165, 1.54) is 25.7 Å². The van der Waals surface area contributed by atoms with Gasteiger partial charge in [0.25, 0.3) is 0 Å². The molecule has 1 spiro atoms. The highest BCUT2D eigenvalue weighted by Gasteiger charge is 2.45. The third kappa shape index (κ3) is 3.93. The molecule has 0 aromatic rings. The predicted octanol–water partition coefficient (Wildman–Crippen LogP) is 2.72. The molecule has 3 nitrogen and oxygen atoms in total. The van der Waals surface area contributed by atoms with Crippen LogP contribution in [-0.2, 0) is 4.74 Å². The van der Waals surface area contributed by atoms with Crippen LogP contribution in [0.15, 0.2) is 0 Å². The summed E-state index contributed by atoms with van der Waals surface area (Å²) in [5.74, 6) is 1.01. The van der Waals surface area contributed by atoms with Crippen molar-refractivity contribution in [3.63, 3.8) is 0 Å². The quantitative estimate of drug-likeness (QED) is 0.806. The van der Waals surface area contributed by atoms with E-state index >= 15 is 0 Å². The molecular formula is C16H31NO2. The van der Waals surface area contributed by atoms with Crippen molar-refractivity contribution in [3.8, 4) is 0 Å². The monoisotopic (exact) mass is 269 g/mol. The zero-order valence-electron chi connectivity index (χ0n) is 12.9. The van der Waals surface area contributed by atoms with Crippen LogP contribution in [0.3, 0.4) is 0 Å². The van der Waals surface area contributed by atoms with Gasteiger partial charge in [-0.05, 0) is 51.0 Å². The van der Waals surface area contributed by atoms with Crippen LogP contribution in [0.25, 0.3) is 0 Å². The van der Waals surface area contributed by atoms with E-state index in [2.05, 4.69) is 19.2 Å². The molecular weight excluding hydrogens is 238 g/mol. The summed E-state index contributed by atoms with van der Waals surface area (Å²) in [5, 5.41) is 14.2. The van der Waals surface area contributed by atoms with E-state index < -0.39 is 5.60 Å². The van der Waals surface area contributed by atoms with Gasteiger partial charge < -0.3 is 15.2 Å². The average Bonchev–Trinajstić information content (AvgIpc) is 2.76. The summed E-state index contributed by atoms with van der Waals surface area (Å²) in [6, 6.07) is 0. The molecule has 0 aromatic carbocycles. The van der Waals surface area contributed by atoms with Crippen LogP contribution >= 0.6 is 0 Å². The summed E-state index contributed by atoms with van der Waals surface area (Å²) < 4.78 is 6.06. The number of rotatable bonds is 5. The Bertz CT molecular complexity index is 282. The molecule has 0 amide bonds. The Labute approximate surface area is 118 Å². The van der Waals surface area contributed by atoms with Gasteiger partial charge in [0.1, 0.15) is 0 Å². The standard InChI is InChI=1S/C16H31NO2/c1-13(2)11-17-12-15(3,18)14-6-9-19-16(10-14)7-4-5-8-16/h13-14,17-18H,4-12H2,1-3H3. The van der Waals surface area contributed by atoms with Crippen LogP contribution in [0.1, 0.15) is 59.3 Å². The highest BCUT2D eigenvalue weighted by molar-refractivity contribution is 4.97. The summed E-state index contributed by atoms with van der Waals surface area (Å²) in [6.07, 6.45) is 7.01. The van der Waals surface area contributed by atoms with Crippen molar-refractivity contribution >= 4 is 0 Å². The van der Waals surface area contributed by atoms with Gasteiger partial charge in [-0.1, -0.05) is 26.7 Å². The molecule has 0 bridgehead atoms. The number of nitrogens with one attached hydrogen (secondary N) is 1. The van der Waals surface area contributed by atoms with Gasteiger partial charge in [0.2, 0.25) is 0 Å². The summed E-state index contributed by atoms with van der Waals surface area (Å²) in [7, 11) is 0. The Hall–Kier alpha value is -0.120. The molecule has 1 saturated heterocycles. The lowest BCUT2D eigenvalue weighted by molar-refractivity contribution is -0.134. The molecule has 2 unspecified atom stereocenters. The Morgan fingerprint density at radius 1 is 1.37 bits per heavy atom. The molecule has 1 aliphatic heterocycles. The SMILES string of the molecule is CC(C)CNCC(C)(O)C1CCOC2(CCCC2)C1.